The van der Waals surface area contributed by atoms with Crippen LogP contribution in [0.1, 0.15) is 39.7 Å². The fourth-order valence-corrected chi connectivity index (χ4v) is 4.65. The average Bonchev–Trinajstić information content (AvgIpc) is 3.41. The zero-order chi connectivity index (χ0) is 23.1. The quantitative estimate of drug-likeness (QED) is 0.387. The number of amides is 1. The average molecular weight is 463 g/mol. The second kappa shape index (κ2) is 8.25. The van der Waals surface area contributed by atoms with Gasteiger partial charge in [-0.1, -0.05) is 43.0 Å². The van der Waals surface area contributed by atoms with E-state index in [9.17, 15) is 14.0 Å². The molecule has 1 aliphatic heterocycles. The molecule has 1 amide bonds. The lowest BCUT2D eigenvalue weighted by Gasteiger charge is -2.22. The summed E-state index contributed by atoms with van der Waals surface area (Å²) in [5.74, 6) is -0.520. The first-order valence-corrected chi connectivity index (χ1v) is 11.1. The number of nitrogens with zero attached hydrogens (tertiary/aromatic N) is 3. The van der Waals surface area contributed by atoms with Gasteiger partial charge in [-0.25, -0.2) is 4.39 Å². The number of aryl methyl sites for hydroxylation is 1. The van der Waals surface area contributed by atoms with Crippen LogP contribution in [-0.4, -0.2) is 22.7 Å². The Labute approximate surface area is 191 Å². The molecule has 0 saturated heterocycles. The van der Waals surface area contributed by atoms with Crippen molar-refractivity contribution in [2.45, 2.75) is 19.4 Å². The minimum absolute atomic E-state index is 0.0749. The number of ether oxygens (including phenoxy) is 1. The lowest BCUT2D eigenvalue weighted by Crippen LogP contribution is -2.29. The van der Waals surface area contributed by atoms with Gasteiger partial charge in [-0.3, -0.25) is 14.5 Å². The number of rotatable bonds is 6. The van der Waals surface area contributed by atoms with Crippen molar-refractivity contribution < 1.29 is 18.3 Å². The summed E-state index contributed by atoms with van der Waals surface area (Å²) in [4.78, 5) is 28.4. The second-order valence-corrected chi connectivity index (χ2v) is 8.43. The molecule has 1 unspecified atom stereocenters. The van der Waals surface area contributed by atoms with Gasteiger partial charge in [-0.15, -0.1) is 10.2 Å². The van der Waals surface area contributed by atoms with Crippen LogP contribution < -0.4 is 15.1 Å². The van der Waals surface area contributed by atoms with Gasteiger partial charge in [0.05, 0.1) is 17.0 Å². The monoisotopic (exact) mass is 463 g/mol. The van der Waals surface area contributed by atoms with E-state index in [1.54, 1.807) is 30.3 Å². The normalized spacial score (nSPS) is 15.2. The van der Waals surface area contributed by atoms with E-state index in [0.29, 0.717) is 29.5 Å². The van der Waals surface area contributed by atoms with Crippen LogP contribution >= 0.6 is 11.3 Å². The van der Waals surface area contributed by atoms with Crippen LogP contribution in [0.25, 0.3) is 11.0 Å². The third-order valence-corrected chi connectivity index (χ3v) is 6.43. The fourth-order valence-electron chi connectivity index (χ4n) is 3.84. The number of hydrogen-bond donors (Lipinski definition) is 0. The first kappa shape index (κ1) is 21.0. The molecule has 3 heterocycles. The van der Waals surface area contributed by atoms with Crippen molar-refractivity contribution in [2.75, 3.05) is 11.5 Å². The van der Waals surface area contributed by atoms with Gasteiger partial charge < -0.3 is 9.15 Å². The molecule has 0 N–H and O–H groups in total. The number of benzene rings is 2. The van der Waals surface area contributed by atoms with E-state index in [4.69, 9.17) is 9.15 Å². The number of carbonyl (C=O) groups excluding carboxylic acids is 1. The third kappa shape index (κ3) is 3.50. The summed E-state index contributed by atoms with van der Waals surface area (Å²) >= 11 is 1.27. The van der Waals surface area contributed by atoms with Crippen LogP contribution in [0.15, 0.2) is 64.3 Å². The van der Waals surface area contributed by atoms with Gasteiger partial charge in [0.2, 0.25) is 10.9 Å². The molecular weight excluding hydrogens is 445 g/mol. The number of fused-ring (bicyclic) bond motifs is 2. The van der Waals surface area contributed by atoms with Crippen molar-refractivity contribution in [3.8, 4) is 5.75 Å². The molecule has 1 aliphatic rings. The predicted octanol–water partition coefficient (Wildman–Crippen LogP) is 4.66. The summed E-state index contributed by atoms with van der Waals surface area (Å²) in [5, 5.41) is 9.50. The van der Waals surface area contributed by atoms with Crippen LogP contribution in [0.2, 0.25) is 0 Å². The van der Waals surface area contributed by atoms with Crippen molar-refractivity contribution in [3.63, 3.8) is 0 Å². The smallest absolute Gasteiger partial charge is 0.297 e. The molecule has 33 heavy (non-hydrogen) atoms. The van der Waals surface area contributed by atoms with E-state index in [1.807, 2.05) is 6.92 Å². The van der Waals surface area contributed by atoms with E-state index >= 15 is 0 Å². The molecule has 1 atom stereocenters. The van der Waals surface area contributed by atoms with Gasteiger partial charge in [-0.2, -0.15) is 0 Å². The van der Waals surface area contributed by atoms with Crippen LogP contribution in [0.3, 0.4) is 0 Å². The maximum absolute atomic E-state index is 13.9. The molecule has 0 aliphatic carbocycles. The molecule has 0 spiro atoms. The summed E-state index contributed by atoms with van der Waals surface area (Å²) in [7, 11) is 0. The highest BCUT2D eigenvalue weighted by Crippen LogP contribution is 2.42. The van der Waals surface area contributed by atoms with E-state index < -0.39 is 23.2 Å². The molecule has 0 radical (unpaired) electrons. The zero-order valence-corrected chi connectivity index (χ0v) is 18.4. The molecule has 7 nitrogen and oxygen atoms in total. The van der Waals surface area contributed by atoms with Crippen molar-refractivity contribution in [1.82, 2.24) is 10.2 Å². The summed E-state index contributed by atoms with van der Waals surface area (Å²) in [6.07, 6.45) is 2.30. The summed E-state index contributed by atoms with van der Waals surface area (Å²) in [5.41, 5.74) is 0.489. The number of aromatic nitrogens is 2. The summed E-state index contributed by atoms with van der Waals surface area (Å²) in [6.45, 7) is 5.92. The summed E-state index contributed by atoms with van der Waals surface area (Å²) < 4.78 is 25.3. The number of halogens is 1. The zero-order valence-electron chi connectivity index (χ0n) is 17.6. The molecule has 166 valence electrons. The molecule has 2 aromatic heterocycles. The van der Waals surface area contributed by atoms with Crippen LogP contribution in [0, 0.1) is 5.82 Å². The molecule has 0 bridgehead atoms. The van der Waals surface area contributed by atoms with Gasteiger partial charge in [0.1, 0.15) is 28.8 Å². The third-order valence-electron chi connectivity index (χ3n) is 5.36. The fraction of sp³-hybridized carbons (Fsp3) is 0.167. The largest absolute Gasteiger partial charge is 0.490 e. The Hall–Kier alpha value is -3.85. The standard InChI is InChI=1S/C24H18FN3O4S/c1-3-11-31-15-8-5-13(6-9-15)20-19-21(29)16-12-14(25)7-10-17(16)32-22(19)23(30)28(20)24-27-26-18(4-2)33-24/h3,5-10,12,20H,1,4,11H2,2H3. The van der Waals surface area contributed by atoms with Gasteiger partial charge in [0, 0.05) is 0 Å². The Bertz CT molecular complexity index is 1440. The molecule has 5 rings (SSSR count). The number of hydrogen-bond acceptors (Lipinski definition) is 7. The molecule has 0 saturated carbocycles. The highest BCUT2D eigenvalue weighted by Gasteiger charge is 2.45. The lowest BCUT2D eigenvalue weighted by atomic mass is 9.98. The Morgan fingerprint density at radius 1 is 1.21 bits per heavy atom. The molecule has 2 aromatic carbocycles. The van der Waals surface area contributed by atoms with Crippen molar-refractivity contribution in [2.24, 2.45) is 0 Å². The maximum atomic E-state index is 13.9. The Morgan fingerprint density at radius 3 is 2.70 bits per heavy atom. The molecule has 9 heteroatoms. The van der Waals surface area contributed by atoms with E-state index in [-0.39, 0.29) is 22.3 Å². The molecule has 0 fully saturated rings. The number of anilines is 1. The minimum atomic E-state index is -0.803. The second-order valence-electron chi connectivity index (χ2n) is 7.39. The van der Waals surface area contributed by atoms with Crippen molar-refractivity contribution in [1.29, 1.82) is 0 Å². The van der Waals surface area contributed by atoms with Crippen LogP contribution in [-0.2, 0) is 6.42 Å². The Morgan fingerprint density at radius 2 is 2.00 bits per heavy atom. The van der Waals surface area contributed by atoms with Crippen LogP contribution in [0.5, 0.6) is 5.75 Å². The Balaban J connectivity index is 1.71. The van der Waals surface area contributed by atoms with Gasteiger partial charge in [0.25, 0.3) is 5.91 Å². The first-order valence-electron chi connectivity index (χ1n) is 10.3. The van der Waals surface area contributed by atoms with Crippen molar-refractivity contribution >= 4 is 33.3 Å². The predicted molar refractivity (Wildman–Crippen MR) is 123 cm³/mol. The van der Waals surface area contributed by atoms with Crippen molar-refractivity contribution in [3.05, 3.63) is 93.1 Å². The Kier molecular flexibility index (Phi) is 5.26. The lowest BCUT2D eigenvalue weighted by molar-refractivity contribution is 0.0970. The van der Waals surface area contributed by atoms with E-state index in [2.05, 4.69) is 16.8 Å². The highest BCUT2D eigenvalue weighted by atomic mass is 32.1. The topological polar surface area (TPSA) is 85.5 Å². The van der Waals surface area contributed by atoms with Gasteiger partial charge in [0.15, 0.2) is 5.43 Å². The SMILES string of the molecule is C=CCOc1ccc(C2c3c(oc4ccc(F)cc4c3=O)C(=O)N2c2nnc(CC)s2)cc1. The van der Waals surface area contributed by atoms with E-state index in [0.717, 1.165) is 11.1 Å². The number of carbonyl (C=O) groups is 1. The molecule has 4 aromatic rings. The minimum Gasteiger partial charge on any atom is -0.490 e. The highest BCUT2D eigenvalue weighted by molar-refractivity contribution is 7.15. The van der Waals surface area contributed by atoms with Gasteiger partial charge >= 0.3 is 0 Å². The van der Waals surface area contributed by atoms with Crippen LogP contribution in [0.4, 0.5) is 9.52 Å². The van der Waals surface area contributed by atoms with Gasteiger partial charge in [-0.05, 0) is 42.3 Å². The first-order chi connectivity index (χ1) is 16.0. The maximum Gasteiger partial charge on any atom is 0.297 e. The van der Waals surface area contributed by atoms with E-state index in [1.165, 1.54) is 28.4 Å². The molecular formula is C24H18FN3O4S. The summed E-state index contributed by atoms with van der Waals surface area (Å²) in [6, 6.07) is 9.90.